The van der Waals surface area contributed by atoms with Crippen molar-refractivity contribution in [1.82, 2.24) is 4.37 Å². The largest absolute Gasteiger partial charge is 0.405 e. The molecular weight excluding hydrogens is 315 g/mol. The number of nitrogens with zero attached hydrogens (tertiary/aromatic N) is 2. The molecule has 1 rings (SSSR count). The number of anilines is 2. The van der Waals surface area contributed by atoms with Crippen LogP contribution in [-0.4, -0.2) is 37.8 Å². The van der Waals surface area contributed by atoms with Gasteiger partial charge < -0.3 is 10.6 Å². The van der Waals surface area contributed by atoms with Gasteiger partial charge in [-0.15, -0.1) is 0 Å². The van der Waals surface area contributed by atoms with Crippen molar-refractivity contribution in [3.8, 4) is 0 Å². The van der Waals surface area contributed by atoms with E-state index in [4.69, 9.17) is 5.73 Å². The lowest BCUT2D eigenvalue weighted by atomic mass is 10.4. The summed E-state index contributed by atoms with van der Waals surface area (Å²) in [4.78, 5) is 0.680. The number of alkyl halides is 3. The Labute approximate surface area is 119 Å². The maximum Gasteiger partial charge on any atom is 0.405 e. The maximum absolute atomic E-state index is 12.6. The minimum atomic E-state index is -4.43. The van der Waals surface area contributed by atoms with E-state index in [0.29, 0.717) is 18.0 Å². The van der Waals surface area contributed by atoms with Crippen LogP contribution in [0.3, 0.4) is 0 Å². The van der Waals surface area contributed by atoms with Crippen LogP contribution in [0.1, 0.15) is 20.3 Å². The van der Waals surface area contributed by atoms with Crippen molar-refractivity contribution in [2.75, 3.05) is 29.5 Å². The molecule has 0 fully saturated rings. The van der Waals surface area contributed by atoms with Crippen LogP contribution < -0.4 is 10.6 Å². The van der Waals surface area contributed by atoms with Crippen LogP contribution >= 0.6 is 11.5 Å². The highest BCUT2D eigenvalue weighted by Gasteiger charge is 2.34. The number of nitrogen functional groups attached to an aromatic ring is 1. The first kappa shape index (κ1) is 17.0. The van der Waals surface area contributed by atoms with Crippen molar-refractivity contribution in [3.05, 3.63) is 0 Å². The van der Waals surface area contributed by atoms with Crippen LogP contribution in [-0.2, 0) is 9.84 Å². The van der Waals surface area contributed by atoms with E-state index in [1.54, 1.807) is 6.92 Å². The third kappa shape index (κ3) is 3.98. The lowest BCUT2D eigenvalue weighted by molar-refractivity contribution is -0.119. The van der Waals surface area contributed by atoms with Crippen molar-refractivity contribution in [1.29, 1.82) is 0 Å². The van der Waals surface area contributed by atoms with Crippen LogP contribution in [0.25, 0.3) is 0 Å². The molecule has 0 aliphatic rings. The van der Waals surface area contributed by atoms with Crippen molar-refractivity contribution in [2.24, 2.45) is 0 Å². The smallest absolute Gasteiger partial charge is 0.382 e. The molecule has 0 aliphatic heterocycles. The fourth-order valence-corrected chi connectivity index (χ4v) is 4.00. The molecule has 0 unspecified atom stereocenters. The standard InChI is InChI=1S/C10H16F3N3O2S2/c1-3-5-16(6-10(11,12)13)9-7(8(14)15-19-9)20(17,18)4-2/h3-6H2,1-2H3,(H2,14,15). The minimum Gasteiger partial charge on any atom is -0.382 e. The summed E-state index contributed by atoms with van der Waals surface area (Å²) in [7, 11) is -3.72. The van der Waals surface area contributed by atoms with Gasteiger partial charge in [-0.25, -0.2) is 8.42 Å². The van der Waals surface area contributed by atoms with E-state index >= 15 is 0 Å². The minimum absolute atomic E-state index is 0.0384. The van der Waals surface area contributed by atoms with Gasteiger partial charge in [0.2, 0.25) is 0 Å². The van der Waals surface area contributed by atoms with E-state index in [2.05, 4.69) is 4.37 Å². The van der Waals surface area contributed by atoms with E-state index in [1.807, 2.05) is 0 Å². The predicted octanol–water partition coefficient (Wildman–Crippen LogP) is 2.30. The van der Waals surface area contributed by atoms with E-state index in [1.165, 1.54) is 6.92 Å². The molecule has 0 saturated heterocycles. The fourth-order valence-electron chi connectivity index (χ4n) is 1.66. The Kier molecular flexibility index (Phi) is 5.25. The molecular formula is C10H16F3N3O2S2. The lowest BCUT2D eigenvalue weighted by Gasteiger charge is -2.24. The molecule has 0 atom stereocenters. The summed E-state index contributed by atoms with van der Waals surface area (Å²) < 4.78 is 65.4. The van der Waals surface area contributed by atoms with Gasteiger partial charge in [0.25, 0.3) is 0 Å². The number of halogens is 3. The van der Waals surface area contributed by atoms with Gasteiger partial charge in [-0.3, -0.25) is 0 Å². The van der Waals surface area contributed by atoms with E-state index in [0.717, 1.165) is 4.90 Å². The molecule has 0 aromatic carbocycles. The molecule has 1 aromatic heterocycles. The highest BCUT2D eigenvalue weighted by Crippen LogP contribution is 2.36. The number of hydrogen-bond acceptors (Lipinski definition) is 6. The average Bonchev–Trinajstić information content (AvgIpc) is 2.69. The summed E-state index contributed by atoms with van der Waals surface area (Å²) in [5.41, 5.74) is 5.51. The zero-order chi connectivity index (χ0) is 15.6. The number of aromatic nitrogens is 1. The zero-order valence-electron chi connectivity index (χ0n) is 11.1. The van der Waals surface area contributed by atoms with Gasteiger partial charge in [-0.05, 0) is 18.0 Å². The molecule has 0 bridgehead atoms. The quantitative estimate of drug-likeness (QED) is 0.865. The van der Waals surface area contributed by atoms with Crippen molar-refractivity contribution in [3.63, 3.8) is 0 Å². The molecule has 0 aliphatic carbocycles. The Morgan fingerprint density at radius 3 is 2.40 bits per heavy atom. The SMILES string of the molecule is CCCN(CC(F)(F)F)c1snc(N)c1S(=O)(=O)CC. The van der Waals surface area contributed by atoms with E-state index in [-0.39, 0.29) is 28.0 Å². The summed E-state index contributed by atoms with van der Waals surface area (Å²) in [5.74, 6) is -0.482. The monoisotopic (exact) mass is 331 g/mol. The van der Waals surface area contributed by atoms with E-state index < -0.39 is 22.6 Å². The van der Waals surface area contributed by atoms with Crippen LogP contribution in [0.5, 0.6) is 0 Å². The molecule has 0 saturated carbocycles. The Bertz CT molecular complexity index is 555. The molecule has 116 valence electrons. The fraction of sp³-hybridized carbons (Fsp3) is 0.700. The van der Waals surface area contributed by atoms with Gasteiger partial charge in [0, 0.05) is 6.54 Å². The van der Waals surface area contributed by atoms with E-state index in [9.17, 15) is 21.6 Å². The Balaban J connectivity index is 3.29. The second-order valence-corrected chi connectivity index (χ2v) is 7.11. The second kappa shape index (κ2) is 6.17. The molecule has 0 amide bonds. The molecule has 5 nitrogen and oxygen atoms in total. The third-order valence-corrected chi connectivity index (χ3v) is 5.34. The first-order valence-electron chi connectivity index (χ1n) is 5.92. The maximum atomic E-state index is 12.6. The molecule has 20 heavy (non-hydrogen) atoms. The van der Waals surface area contributed by atoms with Crippen LogP contribution in [0.2, 0.25) is 0 Å². The summed E-state index contributed by atoms with van der Waals surface area (Å²) >= 11 is 0.679. The highest BCUT2D eigenvalue weighted by molar-refractivity contribution is 7.91. The first-order chi connectivity index (χ1) is 9.12. The molecule has 10 heteroatoms. The van der Waals surface area contributed by atoms with Crippen molar-refractivity contribution in [2.45, 2.75) is 31.3 Å². The molecule has 0 spiro atoms. The van der Waals surface area contributed by atoms with Gasteiger partial charge in [0.15, 0.2) is 15.7 Å². The molecule has 1 heterocycles. The summed E-state index contributed by atoms with van der Waals surface area (Å²) in [6.07, 6.45) is -3.99. The molecule has 2 N–H and O–H groups in total. The first-order valence-corrected chi connectivity index (χ1v) is 8.34. The van der Waals surface area contributed by atoms with Gasteiger partial charge in [-0.2, -0.15) is 17.5 Å². The van der Waals surface area contributed by atoms with Gasteiger partial charge >= 0.3 is 6.18 Å². The Hall–Kier alpha value is -1.03. The lowest BCUT2D eigenvalue weighted by Crippen LogP contribution is -2.35. The molecule has 1 aromatic rings. The number of nitrogens with two attached hydrogens (primary N) is 1. The summed E-state index contributed by atoms with van der Waals surface area (Å²) in [6, 6.07) is 0. The van der Waals surface area contributed by atoms with Crippen LogP contribution in [0.4, 0.5) is 24.0 Å². The average molecular weight is 331 g/mol. The Morgan fingerprint density at radius 1 is 1.35 bits per heavy atom. The zero-order valence-corrected chi connectivity index (χ0v) is 12.7. The van der Waals surface area contributed by atoms with Crippen molar-refractivity contribution < 1.29 is 21.6 Å². The Morgan fingerprint density at radius 2 is 1.95 bits per heavy atom. The number of rotatable bonds is 6. The summed E-state index contributed by atoms with van der Waals surface area (Å²) in [5, 5.41) is -0.0384. The number of sulfone groups is 1. The van der Waals surface area contributed by atoms with Gasteiger partial charge in [0.1, 0.15) is 16.4 Å². The number of hydrogen-bond donors (Lipinski definition) is 1. The van der Waals surface area contributed by atoms with Crippen LogP contribution in [0.15, 0.2) is 4.90 Å². The topological polar surface area (TPSA) is 76.3 Å². The van der Waals surface area contributed by atoms with Crippen LogP contribution in [0, 0.1) is 0 Å². The normalized spacial score (nSPS) is 12.7. The predicted molar refractivity (Wildman–Crippen MR) is 72.8 cm³/mol. The highest BCUT2D eigenvalue weighted by atomic mass is 32.2. The summed E-state index contributed by atoms with van der Waals surface area (Å²) in [6.45, 7) is 1.97. The second-order valence-electron chi connectivity index (χ2n) is 4.14. The van der Waals surface area contributed by atoms with Gasteiger partial charge in [-0.1, -0.05) is 13.8 Å². The third-order valence-electron chi connectivity index (χ3n) is 2.50. The van der Waals surface area contributed by atoms with Crippen molar-refractivity contribution >= 4 is 32.2 Å². The molecule has 0 radical (unpaired) electrons. The van der Waals surface area contributed by atoms with Gasteiger partial charge in [0.05, 0.1) is 5.75 Å².